The summed E-state index contributed by atoms with van der Waals surface area (Å²) < 4.78 is 5.65. The molecule has 0 aliphatic carbocycles. The third kappa shape index (κ3) is 4.81. The molecule has 0 radical (unpaired) electrons. The zero-order valence-corrected chi connectivity index (χ0v) is 17.0. The van der Waals surface area contributed by atoms with Gasteiger partial charge in [0.1, 0.15) is 12.0 Å². The number of ketones is 1. The van der Waals surface area contributed by atoms with E-state index in [2.05, 4.69) is 12.1 Å². The maximum atomic E-state index is 12.8. The number of Topliss-reactive ketones (excluding diaryl/α,β-unsaturated/α-hetero) is 1. The van der Waals surface area contributed by atoms with Gasteiger partial charge in [-0.05, 0) is 68.2 Å². The molecule has 0 bridgehead atoms. The van der Waals surface area contributed by atoms with Crippen molar-refractivity contribution in [3.8, 4) is 0 Å². The molecule has 0 saturated carbocycles. The monoisotopic (exact) mass is 382 g/mol. The summed E-state index contributed by atoms with van der Waals surface area (Å²) in [5.74, 6) is -0.212. The van der Waals surface area contributed by atoms with Crippen LogP contribution in [0.3, 0.4) is 0 Å². The number of thioether (sulfide) groups is 1. The molecule has 142 valence electrons. The molecule has 1 saturated heterocycles. The van der Waals surface area contributed by atoms with Gasteiger partial charge in [0.2, 0.25) is 0 Å². The predicted octanol–water partition coefficient (Wildman–Crippen LogP) is 5.15. The lowest BCUT2D eigenvalue weighted by Gasteiger charge is -2.29. The molecule has 0 aromatic heterocycles. The fourth-order valence-electron chi connectivity index (χ4n) is 3.85. The highest BCUT2D eigenvalue weighted by atomic mass is 32.2. The second-order valence-corrected chi connectivity index (χ2v) is 8.45. The van der Waals surface area contributed by atoms with Crippen LogP contribution in [0.25, 0.3) is 0 Å². The minimum Gasteiger partial charge on any atom is -0.461 e. The lowest BCUT2D eigenvalue weighted by molar-refractivity contribution is -0.160. The highest BCUT2D eigenvalue weighted by Gasteiger charge is 2.39. The Morgan fingerprint density at radius 3 is 2.33 bits per heavy atom. The zero-order chi connectivity index (χ0) is 19.4. The predicted molar refractivity (Wildman–Crippen MR) is 109 cm³/mol. The second-order valence-electron chi connectivity index (χ2n) is 7.28. The number of rotatable bonds is 6. The Bertz CT molecular complexity index is 788. The van der Waals surface area contributed by atoms with E-state index >= 15 is 0 Å². The molecule has 27 heavy (non-hydrogen) atoms. The summed E-state index contributed by atoms with van der Waals surface area (Å²) in [6, 6.07) is 14.3. The molecule has 2 aromatic rings. The number of esters is 1. The summed E-state index contributed by atoms with van der Waals surface area (Å²) >= 11 is 1.79. The Morgan fingerprint density at radius 2 is 1.70 bits per heavy atom. The average molecular weight is 383 g/mol. The van der Waals surface area contributed by atoms with E-state index < -0.39 is 5.92 Å². The number of carbonyl (C=O) groups is 2. The van der Waals surface area contributed by atoms with Crippen molar-refractivity contribution in [2.24, 2.45) is 0 Å². The third-order valence-electron chi connectivity index (χ3n) is 4.98. The van der Waals surface area contributed by atoms with Gasteiger partial charge >= 0.3 is 5.97 Å². The van der Waals surface area contributed by atoms with Crippen LogP contribution in [-0.4, -0.2) is 23.6 Å². The third-order valence-corrected chi connectivity index (χ3v) is 6.08. The van der Waals surface area contributed by atoms with Crippen LogP contribution in [0.15, 0.2) is 47.4 Å². The highest BCUT2D eigenvalue weighted by molar-refractivity contribution is 7.99. The van der Waals surface area contributed by atoms with Crippen LogP contribution in [-0.2, 0) is 14.3 Å². The summed E-state index contributed by atoms with van der Waals surface area (Å²) in [6.07, 6.45) is 1.68. The first kappa shape index (κ1) is 19.7. The Labute approximate surface area is 165 Å². The van der Waals surface area contributed by atoms with Crippen LogP contribution in [0.5, 0.6) is 0 Å². The van der Waals surface area contributed by atoms with Crippen molar-refractivity contribution in [1.82, 2.24) is 0 Å². The number of benzene rings is 2. The van der Waals surface area contributed by atoms with Gasteiger partial charge in [-0.15, -0.1) is 11.8 Å². The Balaban J connectivity index is 1.57. The average Bonchev–Trinajstić information content (AvgIpc) is 2.61. The fraction of sp³-hybridized carbons (Fsp3) is 0.391. The molecule has 1 aliphatic rings. The van der Waals surface area contributed by atoms with Crippen LogP contribution in [0.2, 0.25) is 0 Å². The van der Waals surface area contributed by atoms with Gasteiger partial charge in [0.15, 0.2) is 5.78 Å². The van der Waals surface area contributed by atoms with E-state index in [9.17, 15) is 9.59 Å². The smallest absolute Gasteiger partial charge is 0.321 e. The molecule has 1 fully saturated rings. The van der Waals surface area contributed by atoms with Crippen LogP contribution in [0.4, 0.5) is 0 Å². The number of hydrogen-bond donors (Lipinski definition) is 0. The lowest BCUT2D eigenvalue weighted by atomic mass is 9.83. The lowest BCUT2D eigenvalue weighted by Crippen LogP contribution is -2.37. The van der Waals surface area contributed by atoms with E-state index in [1.807, 2.05) is 51.1 Å². The van der Waals surface area contributed by atoms with E-state index in [0.717, 1.165) is 40.8 Å². The van der Waals surface area contributed by atoms with Gasteiger partial charge in [-0.2, -0.15) is 0 Å². The summed E-state index contributed by atoms with van der Waals surface area (Å²) in [5, 5.41) is 0. The zero-order valence-electron chi connectivity index (χ0n) is 16.2. The van der Waals surface area contributed by atoms with Gasteiger partial charge < -0.3 is 4.74 Å². The quantitative estimate of drug-likeness (QED) is 0.300. The van der Waals surface area contributed by atoms with Crippen molar-refractivity contribution in [2.45, 2.75) is 57.0 Å². The maximum absolute atomic E-state index is 12.8. The molecule has 4 heteroatoms. The fourth-order valence-corrected chi connectivity index (χ4v) is 4.75. The second kappa shape index (κ2) is 8.75. The van der Waals surface area contributed by atoms with Gasteiger partial charge in [-0.3, -0.25) is 9.59 Å². The molecule has 1 aliphatic heterocycles. The Kier molecular flexibility index (Phi) is 6.38. The van der Waals surface area contributed by atoms with Crippen molar-refractivity contribution < 1.29 is 14.3 Å². The number of hydrogen-bond acceptors (Lipinski definition) is 4. The summed E-state index contributed by atoms with van der Waals surface area (Å²) in [4.78, 5) is 26.6. The first-order valence-corrected chi connectivity index (χ1v) is 10.4. The molecular formula is C23H26O3S. The van der Waals surface area contributed by atoms with Gasteiger partial charge in [-0.25, -0.2) is 0 Å². The van der Waals surface area contributed by atoms with Gasteiger partial charge in [-0.1, -0.05) is 35.9 Å². The SMILES string of the molecule is Cc1cc(C)c(C2C(=O)CC(CCCSc3ccccc3)OC2=O)c(C)c1. The van der Waals surface area contributed by atoms with Gasteiger partial charge in [0, 0.05) is 11.3 Å². The summed E-state index contributed by atoms with van der Waals surface area (Å²) in [5.41, 5.74) is 3.94. The van der Waals surface area contributed by atoms with E-state index in [0.29, 0.717) is 6.42 Å². The molecule has 2 aromatic carbocycles. The van der Waals surface area contributed by atoms with Crippen LogP contribution >= 0.6 is 11.8 Å². The topological polar surface area (TPSA) is 43.4 Å². The van der Waals surface area contributed by atoms with Crippen molar-refractivity contribution in [1.29, 1.82) is 0 Å². The van der Waals surface area contributed by atoms with Crippen molar-refractivity contribution in [3.05, 3.63) is 64.7 Å². The van der Waals surface area contributed by atoms with Crippen molar-refractivity contribution >= 4 is 23.5 Å². The molecule has 2 unspecified atom stereocenters. The van der Waals surface area contributed by atoms with Crippen molar-refractivity contribution in [3.63, 3.8) is 0 Å². The minimum atomic E-state index is -0.763. The number of cyclic esters (lactones) is 1. The summed E-state index contributed by atoms with van der Waals surface area (Å²) in [7, 11) is 0. The van der Waals surface area contributed by atoms with Crippen LogP contribution in [0.1, 0.15) is 47.4 Å². The highest BCUT2D eigenvalue weighted by Crippen LogP contribution is 2.33. The number of aryl methyl sites for hydroxylation is 3. The molecule has 2 atom stereocenters. The molecule has 1 heterocycles. The standard InChI is InChI=1S/C23H26O3S/c1-15-12-16(2)21(17(3)13-15)22-20(24)14-18(26-23(22)25)8-7-11-27-19-9-5-4-6-10-19/h4-6,9-10,12-13,18,22H,7-8,11,14H2,1-3H3. The molecule has 3 rings (SSSR count). The van der Waals surface area contributed by atoms with Crippen LogP contribution in [0, 0.1) is 20.8 Å². The van der Waals surface area contributed by atoms with E-state index in [1.54, 1.807) is 11.8 Å². The molecular weight excluding hydrogens is 356 g/mol. The largest absolute Gasteiger partial charge is 0.461 e. The maximum Gasteiger partial charge on any atom is 0.321 e. The van der Waals surface area contributed by atoms with Gasteiger partial charge in [0.05, 0.1) is 0 Å². The van der Waals surface area contributed by atoms with Gasteiger partial charge in [0.25, 0.3) is 0 Å². The minimum absolute atomic E-state index is 0.0120. The molecule has 3 nitrogen and oxygen atoms in total. The molecule has 0 amide bonds. The molecule has 0 spiro atoms. The van der Waals surface area contributed by atoms with Crippen molar-refractivity contribution in [2.75, 3.05) is 5.75 Å². The van der Waals surface area contributed by atoms with E-state index in [4.69, 9.17) is 4.74 Å². The summed E-state index contributed by atoms with van der Waals surface area (Å²) in [6.45, 7) is 5.94. The van der Waals surface area contributed by atoms with Crippen LogP contribution < -0.4 is 0 Å². The van der Waals surface area contributed by atoms with E-state index in [1.165, 1.54) is 4.90 Å². The first-order valence-electron chi connectivity index (χ1n) is 9.44. The number of carbonyl (C=O) groups excluding carboxylic acids is 2. The van der Waals surface area contributed by atoms with E-state index in [-0.39, 0.29) is 17.9 Å². The Hall–Kier alpha value is -2.07. The first-order chi connectivity index (χ1) is 13.0. The number of ether oxygens (including phenoxy) is 1. The Morgan fingerprint density at radius 1 is 1.04 bits per heavy atom. The normalized spacial score (nSPS) is 19.8. The molecule has 0 N–H and O–H groups in total.